The summed E-state index contributed by atoms with van der Waals surface area (Å²) in [5, 5.41) is 0. The zero-order valence-corrected chi connectivity index (χ0v) is 16.5. The van der Waals surface area contributed by atoms with E-state index < -0.39 is 12.1 Å². The minimum absolute atomic E-state index is 0.0959. The molecule has 5 nitrogen and oxygen atoms in total. The van der Waals surface area contributed by atoms with Gasteiger partial charge in [-0.3, -0.25) is 7.86 Å². The lowest BCUT2D eigenvalue weighted by molar-refractivity contribution is -0.692. The number of rotatable bonds is 5. The Bertz CT molecular complexity index is 1020. The SMILES string of the molecule is Nc1ccccc1C1=Nc2cccc[n+]2C1C(OI)C(=O)c1ccccc1. The van der Waals surface area contributed by atoms with E-state index in [1.165, 1.54) is 0 Å². The molecule has 6 heteroatoms. The maximum Gasteiger partial charge on any atom is 0.324 e. The van der Waals surface area contributed by atoms with Gasteiger partial charge in [-0.1, -0.05) is 48.5 Å². The van der Waals surface area contributed by atoms with E-state index in [0.29, 0.717) is 11.3 Å². The largest absolute Gasteiger partial charge is 0.398 e. The Labute approximate surface area is 171 Å². The number of hydrogen-bond acceptors (Lipinski definition) is 4. The fourth-order valence-corrected chi connectivity index (χ4v) is 3.85. The molecule has 0 amide bonds. The summed E-state index contributed by atoms with van der Waals surface area (Å²) in [5.74, 6) is 0.668. The maximum absolute atomic E-state index is 13.2. The number of anilines is 1. The number of carbonyl (C=O) groups is 1. The number of pyridine rings is 1. The Kier molecular flexibility index (Phi) is 5.00. The number of nitrogens with zero attached hydrogens (tertiary/aromatic N) is 2. The molecule has 134 valence electrons. The normalized spacial score (nSPS) is 16.5. The zero-order chi connectivity index (χ0) is 18.8. The van der Waals surface area contributed by atoms with Gasteiger partial charge in [0.25, 0.3) is 0 Å². The molecule has 0 fully saturated rings. The lowest BCUT2D eigenvalue weighted by Gasteiger charge is -2.19. The highest BCUT2D eigenvalue weighted by Gasteiger charge is 2.46. The van der Waals surface area contributed by atoms with Gasteiger partial charge in [-0.05, 0) is 23.2 Å². The van der Waals surface area contributed by atoms with Crippen LogP contribution in [0.2, 0.25) is 0 Å². The number of para-hydroxylation sites is 1. The van der Waals surface area contributed by atoms with E-state index in [1.54, 1.807) is 35.1 Å². The molecule has 2 aromatic carbocycles. The molecule has 3 aromatic rings. The molecular formula is C21H17IN3O2+. The number of aliphatic imine (C=N–C) groups is 1. The van der Waals surface area contributed by atoms with Crippen molar-refractivity contribution >= 4 is 46.0 Å². The molecular weight excluding hydrogens is 453 g/mol. The van der Waals surface area contributed by atoms with Gasteiger partial charge < -0.3 is 5.73 Å². The molecule has 4 rings (SSSR count). The van der Waals surface area contributed by atoms with Gasteiger partial charge in [-0.15, -0.1) is 0 Å². The van der Waals surface area contributed by atoms with E-state index in [9.17, 15) is 4.79 Å². The minimum atomic E-state index is -0.736. The summed E-state index contributed by atoms with van der Waals surface area (Å²) < 4.78 is 7.64. The first-order chi connectivity index (χ1) is 13.2. The minimum Gasteiger partial charge on any atom is -0.398 e. The lowest BCUT2D eigenvalue weighted by atomic mass is 9.93. The molecule has 0 bridgehead atoms. The summed E-state index contributed by atoms with van der Waals surface area (Å²) in [6, 6.07) is 22.1. The van der Waals surface area contributed by atoms with Gasteiger partial charge in [0.15, 0.2) is 11.9 Å². The first-order valence-corrected chi connectivity index (χ1v) is 9.39. The fraction of sp³-hybridized carbons (Fsp3) is 0.0952. The number of nitrogen functional groups attached to an aromatic ring is 1. The molecule has 1 aromatic heterocycles. The third-order valence-corrected chi connectivity index (χ3v) is 5.17. The Morgan fingerprint density at radius 3 is 2.48 bits per heavy atom. The number of benzene rings is 2. The molecule has 1 aliphatic rings. The van der Waals surface area contributed by atoms with E-state index in [4.69, 9.17) is 13.8 Å². The van der Waals surface area contributed by atoms with Gasteiger partial charge in [-0.25, -0.2) is 4.57 Å². The van der Waals surface area contributed by atoms with Crippen LogP contribution in [0.3, 0.4) is 0 Å². The first kappa shape index (κ1) is 17.8. The number of hydrogen-bond donors (Lipinski definition) is 1. The first-order valence-electron chi connectivity index (χ1n) is 8.51. The number of nitrogens with two attached hydrogens (primary N) is 1. The van der Waals surface area contributed by atoms with Gasteiger partial charge in [0.05, 0.1) is 6.20 Å². The van der Waals surface area contributed by atoms with Crippen LogP contribution in [-0.4, -0.2) is 17.6 Å². The molecule has 27 heavy (non-hydrogen) atoms. The number of fused-ring (bicyclic) bond motifs is 1. The van der Waals surface area contributed by atoms with Crippen LogP contribution in [0.15, 0.2) is 84.0 Å². The molecule has 0 radical (unpaired) electrons. The van der Waals surface area contributed by atoms with Gasteiger partial charge >= 0.3 is 5.82 Å². The predicted octanol–water partition coefficient (Wildman–Crippen LogP) is 3.85. The van der Waals surface area contributed by atoms with Crippen molar-refractivity contribution < 1.29 is 12.4 Å². The van der Waals surface area contributed by atoms with Gasteiger partial charge in [-0.2, -0.15) is 0 Å². The second-order valence-corrected chi connectivity index (χ2v) is 6.74. The summed E-state index contributed by atoms with van der Waals surface area (Å²) in [6.45, 7) is 0. The monoisotopic (exact) mass is 470 g/mol. The third-order valence-electron chi connectivity index (χ3n) is 4.62. The standard InChI is InChI=1S/C21H16IN3O2/c22-27-21(20(26)14-8-2-1-3-9-14)19-18(15-10-4-5-11-16(15)23)24-17-12-6-7-13-25(17)19/h1-13,19,21,23H/p+1. The second-order valence-electron chi connectivity index (χ2n) is 6.24. The van der Waals surface area contributed by atoms with Crippen LogP contribution < -0.4 is 10.3 Å². The average molecular weight is 470 g/mol. The van der Waals surface area contributed by atoms with Crippen molar-refractivity contribution in [1.29, 1.82) is 0 Å². The molecule has 0 saturated heterocycles. The topological polar surface area (TPSA) is 68.6 Å². The lowest BCUT2D eigenvalue weighted by Crippen LogP contribution is -2.50. The van der Waals surface area contributed by atoms with Gasteiger partial charge in [0.1, 0.15) is 23.0 Å². The van der Waals surface area contributed by atoms with E-state index in [-0.39, 0.29) is 5.78 Å². The molecule has 0 saturated carbocycles. The van der Waals surface area contributed by atoms with Gasteiger partial charge in [0.2, 0.25) is 11.8 Å². The summed E-state index contributed by atoms with van der Waals surface area (Å²) >= 11 is 1.80. The van der Waals surface area contributed by atoms with Crippen LogP contribution in [0.25, 0.3) is 0 Å². The fourth-order valence-electron chi connectivity index (χ4n) is 3.34. The molecule has 2 unspecified atom stereocenters. The Morgan fingerprint density at radius 1 is 1.04 bits per heavy atom. The molecule has 2 N–H and O–H groups in total. The van der Waals surface area contributed by atoms with Crippen molar-refractivity contribution in [3.8, 4) is 0 Å². The zero-order valence-electron chi connectivity index (χ0n) is 14.3. The molecule has 1 aliphatic heterocycles. The Balaban J connectivity index is 1.83. The molecule has 0 spiro atoms. The van der Waals surface area contributed by atoms with Crippen molar-refractivity contribution in [2.24, 2.45) is 4.99 Å². The number of halogens is 1. The van der Waals surface area contributed by atoms with Crippen LogP contribution in [0.4, 0.5) is 11.5 Å². The number of ketones is 1. The van der Waals surface area contributed by atoms with E-state index >= 15 is 0 Å². The summed E-state index contributed by atoms with van der Waals surface area (Å²) in [5.41, 5.74) is 8.97. The molecule has 2 heterocycles. The smallest absolute Gasteiger partial charge is 0.324 e. The molecule has 2 atom stereocenters. The highest BCUT2D eigenvalue weighted by molar-refractivity contribution is 14.1. The number of carbonyl (C=O) groups excluding carboxylic acids is 1. The van der Waals surface area contributed by atoms with Crippen molar-refractivity contribution in [2.75, 3.05) is 5.73 Å². The van der Waals surface area contributed by atoms with Crippen molar-refractivity contribution in [3.63, 3.8) is 0 Å². The van der Waals surface area contributed by atoms with Crippen LogP contribution >= 0.6 is 23.0 Å². The summed E-state index contributed by atoms with van der Waals surface area (Å²) in [7, 11) is 0. The Hall–Kier alpha value is -2.58. The highest BCUT2D eigenvalue weighted by atomic mass is 127. The quantitative estimate of drug-likeness (QED) is 0.267. The van der Waals surface area contributed by atoms with E-state index in [0.717, 1.165) is 17.1 Å². The van der Waals surface area contributed by atoms with Gasteiger partial charge in [0, 0.05) is 22.9 Å². The Morgan fingerprint density at radius 2 is 1.74 bits per heavy atom. The molecule has 0 aliphatic carbocycles. The van der Waals surface area contributed by atoms with Crippen LogP contribution in [-0.2, 0) is 3.07 Å². The maximum atomic E-state index is 13.2. The number of aromatic nitrogens is 1. The van der Waals surface area contributed by atoms with E-state index in [1.807, 2.05) is 71.4 Å². The van der Waals surface area contributed by atoms with Crippen LogP contribution in [0, 0.1) is 0 Å². The van der Waals surface area contributed by atoms with Crippen LogP contribution in [0.1, 0.15) is 22.0 Å². The second kappa shape index (κ2) is 7.58. The van der Waals surface area contributed by atoms with Crippen molar-refractivity contribution in [2.45, 2.75) is 12.1 Å². The van der Waals surface area contributed by atoms with Crippen LogP contribution in [0.5, 0.6) is 0 Å². The predicted molar refractivity (Wildman–Crippen MR) is 112 cm³/mol. The van der Waals surface area contributed by atoms with Crippen molar-refractivity contribution in [3.05, 3.63) is 90.1 Å². The third kappa shape index (κ3) is 3.26. The highest BCUT2D eigenvalue weighted by Crippen LogP contribution is 2.31. The number of Topliss-reactive ketones (excluding diaryl/α,β-unsaturated/α-hetero) is 1. The summed E-state index contributed by atoms with van der Waals surface area (Å²) in [4.78, 5) is 18.0. The summed E-state index contributed by atoms with van der Waals surface area (Å²) in [6.07, 6.45) is 1.18. The van der Waals surface area contributed by atoms with Crippen molar-refractivity contribution in [1.82, 2.24) is 0 Å². The van der Waals surface area contributed by atoms with E-state index in [2.05, 4.69) is 0 Å². The average Bonchev–Trinajstić information content (AvgIpc) is 3.09.